The summed E-state index contributed by atoms with van der Waals surface area (Å²) < 4.78 is 2.61. The van der Waals surface area contributed by atoms with E-state index in [1.165, 1.54) is 0 Å². The Bertz CT molecular complexity index is 705. The van der Waals surface area contributed by atoms with E-state index in [2.05, 4.69) is 45.5 Å². The van der Waals surface area contributed by atoms with Crippen LogP contribution >= 0.6 is 51.3 Å². The summed E-state index contributed by atoms with van der Waals surface area (Å²) in [6, 6.07) is 5.74. The molecule has 0 aliphatic heterocycles. The number of rotatable bonds is 5. The van der Waals surface area contributed by atoms with Crippen molar-refractivity contribution >= 4 is 62.3 Å². The van der Waals surface area contributed by atoms with Gasteiger partial charge < -0.3 is 10.6 Å². The molecule has 2 N–H and O–H groups in total. The van der Waals surface area contributed by atoms with E-state index < -0.39 is 0 Å². The van der Waals surface area contributed by atoms with Crippen molar-refractivity contribution in [1.82, 2.24) is 15.1 Å². The Labute approximate surface area is 159 Å². The standard InChI is InChI=1S/C15H17BrCl2N4S/c1-3-9(2)19-15(23)20-14-12(16)8-22(21-14)7-10-4-5-11(17)6-13(10)18/h4-6,8-9H,3,7H2,1-2H3,(H2,19,20,21,23). The van der Waals surface area contributed by atoms with Crippen LogP contribution in [0.25, 0.3) is 0 Å². The summed E-state index contributed by atoms with van der Waals surface area (Å²) in [5, 5.41) is 12.6. The number of halogens is 3. The Hall–Kier alpha value is -0.820. The van der Waals surface area contributed by atoms with Crippen LogP contribution in [0.3, 0.4) is 0 Å². The first-order valence-corrected chi connectivity index (χ1v) is 9.09. The third-order valence-electron chi connectivity index (χ3n) is 3.29. The minimum atomic E-state index is 0.309. The number of thiocarbonyl (C=S) groups is 1. The summed E-state index contributed by atoms with van der Waals surface area (Å²) in [6.45, 7) is 4.72. The van der Waals surface area contributed by atoms with Gasteiger partial charge in [-0.25, -0.2) is 0 Å². The highest BCUT2D eigenvalue weighted by molar-refractivity contribution is 9.10. The summed E-state index contributed by atoms with van der Waals surface area (Å²) in [5.74, 6) is 0.663. The predicted octanol–water partition coefficient (Wildman–Crippen LogP) is 5.09. The predicted molar refractivity (Wildman–Crippen MR) is 105 cm³/mol. The Kier molecular flexibility index (Phi) is 6.71. The van der Waals surface area contributed by atoms with Crippen LogP contribution in [0.5, 0.6) is 0 Å². The summed E-state index contributed by atoms with van der Waals surface area (Å²) in [7, 11) is 0. The van der Waals surface area contributed by atoms with E-state index in [4.69, 9.17) is 35.4 Å². The molecule has 0 radical (unpaired) electrons. The van der Waals surface area contributed by atoms with Crippen LogP contribution in [0.15, 0.2) is 28.9 Å². The molecule has 0 aliphatic carbocycles. The minimum absolute atomic E-state index is 0.309. The molecule has 1 aromatic heterocycles. The van der Waals surface area contributed by atoms with Gasteiger partial charge in [-0.05, 0) is 59.2 Å². The van der Waals surface area contributed by atoms with Crippen LogP contribution in [0.4, 0.5) is 5.82 Å². The second kappa shape index (κ2) is 8.33. The average Bonchev–Trinajstić information content (AvgIpc) is 2.81. The van der Waals surface area contributed by atoms with Gasteiger partial charge >= 0.3 is 0 Å². The van der Waals surface area contributed by atoms with Gasteiger partial charge in [-0.15, -0.1) is 0 Å². The second-order valence-electron chi connectivity index (χ2n) is 5.17. The molecule has 124 valence electrons. The molecule has 0 aliphatic rings. The maximum atomic E-state index is 6.20. The molecular formula is C15H17BrCl2N4S. The largest absolute Gasteiger partial charge is 0.360 e. The Morgan fingerprint density at radius 3 is 2.83 bits per heavy atom. The van der Waals surface area contributed by atoms with E-state index in [-0.39, 0.29) is 0 Å². The van der Waals surface area contributed by atoms with Crippen LogP contribution in [0.1, 0.15) is 25.8 Å². The Balaban J connectivity index is 2.07. The molecule has 1 unspecified atom stereocenters. The topological polar surface area (TPSA) is 41.9 Å². The SMILES string of the molecule is CCC(C)NC(=S)Nc1nn(Cc2ccc(Cl)cc2Cl)cc1Br. The van der Waals surface area contributed by atoms with Gasteiger partial charge in [-0.3, -0.25) is 4.68 Å². The van der Waals surface area contributed by atoms with Crippen LogP contribution < -0.4 is 10.6 Å². The van der Waals surface area contributed by atoms with Gasteiger partial charge in [0, 0.05) is 22.3 Å². The average molecular weight is 436 g/mol. The lowest BCUT2D eigenvalue weighted by Crippen LogP contribution is -2.35. The maximum Gasteiger partial charge on any atom is 0.172 e. The first-order chi connectivity index (χ1) is 10.9. The van der Waals surface area contributed by atoms with Gasteiger partial charge in [0.25, 0.3) is 0 Å². The van der Waals surface area contributed by atoms with Crippen molar-refractivity contribution < 1.29 is 0 Å². The van der Waals surface area contributed by atoms with Gasteiger partial charge in [-0.1, -0.05) is 36.2 Å². The Morgan fingerprint density at radius 2 is 2.17 bits per heavy atom. The van der Waals surface area contributed by atoms with Gasteiger partial charge in [0.05, 0.1) is 11.0 Å². The third kappa shape index (κ3) is 5.35. The molecule has 0 amide bonds. The summed E-state index contributed by atoms with van der Waals surface area (Å²) in [4.78, 5) is 0. The van der Waals surface area contributed by atoms with Crippen LogP contribution in [-0.4, -0.2) is 20.9 Å². The van der Waals surface area contributed by atoms with Crippen LogP contribution in [0.2, 0.25) is 10.0 Å². The Morgan fingerprint density at radius 1 is 1.43 bits per heavy atom. The number of nitrogens with one attached hydrogen (secondary N) is 2. The normalized spacial score (nSPS) is 12.0. The van der Waals surface area contributed by atoms with Crippen LogP contribution in [0, 0.1) is 0 Å². The fraction of sp³-hybridized carbons (Fsp3) is 0.333. The molecule has 4 nitrogen and oxygen atoms in total. The number of hydrogen-bond donors (Lipinski definition) is 2. The van der Waals surface area contributed by atoms with Gasteiger partial charge in [-0.2, -0.15) is 5.10 Å². The van der Waals surface area contributed by atoms with E-state index >= 15 is 0 Å². The number of hydrogen-bond acceptors (Lipinski definition) is 2. The zero-order valence-corrected chi connectivity index (χ0v) is 16.7. The van der Waals surface area contributed by atoms with Crippen LogP contribution in [-0.2, 0) is 6.54 Å². The molecule has 0 bridgehead atoms. The molecule has 0 saturated carbocycles. The zero-order chi connectivity index (χ0) is 17.0. The summed E-state index contributed by atoms with van der Waals surface area (Å²) >= 11 is 20.9. The highest BCUT2D eigenvalue weighted by atomic mass is 79.9. The summed E-state index contributed by atoms with van der Waals surface area (Å²) in [5.41, 5.74) is 0.943. The monoisotopic (exact) mass is 434 g/mol. The van der Waals surface area contributed by atoms with E-state index in [9.17, 15) is 0 Å². The molecular weight excluding hydrogens is 419 g/mol. The fourth-order valence-electron chi connectivity index (χ4n) is 1.86. The van der Waals surface area contributed by atoms with Gasteiger partial charge in [0.1, 0.15) is 0 Å². The number of benzene rings is 1. The number of anilines is 1. The number of nitrogens with zero attached hydrogens (tertiary/aromatic N) is 2. The van der Waals surface area contributed by atoms with Gasteiger partial charge in [0.2, 0.25) is 0 Å². The van der Waals surface area contributed by atoms with E-state index in [1.54, 1.807) is 10.7 Å². The van der Waals surface area contributed by atoms with Crippen molar-refractivity contribution in [2.75, 3.05) is 5.32 Å². The molecule has 0 saturated heterocycles. The highest BCUT2D eigenvalue weighted by Gasteiger charge is 2.11. The number of aromatic nitrogens is 2. The quantitative estimate of drug-likeness (QED) is 0.642. The summed E-state index contributed by atoms with van der Waals surface area (Å²) in [6.07, 6.45) is 2.87. The lowest BCUT2D eigenvalue weighted by molar-refractivity contribution is 0.645. The third-order valence-corrected chi connectivity index (χ3v) is 4.67. The molecule has 1 atom stereocenters. The molecule has 1 heterocycles. The first kappa shape index (κ1) is 18.5. The first-order valence-electron chi connectivity index (χ1n) is 7.13. The molecule has 23 heavy (non-hydrogen) atoms. The molecule has 1 aromatic carbocycles. The fourth-order valence-corrected chi connectivity index (χ4v) is 3.04. The second-order valence-corrected chi connectivity index (χ2v) is 7.27. The zero-order valence-electron chi connectivity index (χ0n) is 12.7. The van der Waals surface area contributed by atoms with E-state index in [1.807, 2.05) is 18.3 Å². The van der Waals surface area contributed by atoms with E-state index in [0.29, 0.717) is 33.6 Å². The smallest absolute Gasteiger partial charge is 0.172 e. The van der Waals surface area contributed by atoms with Crippen molar-refractivity contribution in [3.05, 3.63) is 44.5 Å². The van der Waals surface area contributed by atoms with Crippen molar-refractivity contribution in [3.63, 3.8) is 0 Å². The lowest BCUT2D eigenvalue weighted by atomic mass is 10.2. The molecule has 2 aromatic rings. The maximum absolute atomic E-state index is 6.20. The highest BCUT2D eigenvalue weighted by Crippen LogP contribution is 2.24. The minimum Gasteiger partial charge on any atom is -0.360 e. The van der Waals surface area contributed by atoms with Gasteiger partial charge in [0.15, 0.2) is 10.9 Å². The molecule has 8 heteroatoms. The lowest BCUT2D eigenvalue weighted by Gasteiger charge is -2.14. The van der Waals surface area contributed by atoms with Crippen molar-refractivity contribution in [3.8, 4) is 0 Å². The van der Waals surface area contributed by atoms with Crippen molar-refractivity contribution in [2.24, 2.45) is 0 Å². The molecule has 0 spiro atoms. The molecule has 0 fully saturated rings. The van der Waals surface area contributed by atoms with Crippen molar-refractivity contribution in [1.29, 1.82) is 0 Å². The molecule has 2 rings (SSSR count). The van der Waals surface area contributed by atoms with Crippen molar-refractivity contribution in [2.45, 2.75) is 32.9 Å². The van der Waals surface area contributed by atoms with E-state index in [0.717, 1.165) is 16.5 Å².